The lowest BCUT2D eigenvalue weighted by Gasteiger charge is -2.19. The molecule has 1 unspecified atom stereocenters. The second-order valence-corrected chi connectivity index (χ2v) is 5.61. The second kappa shape index (κ2) is 6.97. The number of nitrogens with two attached hydrogens (primary N) is 1. The maximum atomic E-state index is 13.2. The van der Waals surface area contributed by atoms with E-state index in [4.69, 9.17) is 5.84 Å². The fourth-order valence-corrected chi connectivity index (χ4v) is 2.85. The van der Waals surface area contributed by atoms with E-state index in [9.17, 15) is 4.39 Å². The van der Waals surface area contributed by atoms with Gasteiger partial charge in [0.05, 0.1) is 6.04 Å². The van der Waals surface area contributed by atoms with Crippen LogP contribution < -0.4 is 11.3 Å². The zero-order chi connectivity index (χ0) is 14.5. The van der Waals surface area contributed by atoms with Gasteiger partial charge in [-0.2, -0.15) is 0 Å². The molecular weight excluding hydrogens is 319 g/mol. The Labute approximate surface area is 127 Å². The summed E-state index contributed by atoms with van der Waals surface area (Å²) in [5.74, 6) is 5.41. The van der Waals surface area contributed by atoms with Crippen LogP contribution in [-0.2, 0) is 6.42 Å². The summed E-state index contributed by atoms with van der Waals surface area (Å²) < 4.78 is 13.9. The first-order valence-electron chi connectivity index (χ1n) is 6.65. The van der Waals surface area contributed by atoms with E-state index in [1.54, 1.807) is 6.07 Å². The van der Waals surface area contributed by atoms with Crippen molar-refractivity contribution in [2.45, 2.75) is 25.8 Å². The first-order valence-corrected chi connectivity index (χ1v) is 7.45. The van der Waals surface area contributed by atoms with Crippen LogP contribution in [0.25, 0.3) is 0 Å². The highest BCUT2D eigenvalue weighted by Gasteiger charge is 2.15. The molecule has 0 amide bonds. The minimum Gasteiger partial charge on any atom is -0.271 e. The Kier molecular flexibility index (Phi) is 5.29. The van der Waals surface area contributed by atoms with E-state index in [2.05, 4.69) is 52.5 Å². The Morgan fingerprint density at radius 1 is 1.20 bits per heavy atom. The molecule has 2 aromatic rings. The normalized spacial score (nSPS) is 12.4. The highest BCUT2D eigenvalue weighted by Crippen LogP contribution is 2.29. The minimum absolute atomic E-state index is 0.166. The van der Waals surface area contributed by atoms with Crippen molar-refractivity contribution in [1.29, 1.82) is 0 Å². The fourth-order valence-electron chi connectivity index (χ4n) is 2.27. The predicted octanol–water partition coefficient (Wildman–Crippen LogP) is 4.09. The number of hydrogen-bond acceptors (Lipinski definition) is 2. The van der Waals surface area contributed by atoms with Gasteiger partial charge in [-0.15, -0.1) is 0 Å². The molecule has 0 aromatic heterocycles. The van der Waals surface area contributed by atoms with E-state index < -0.39 is 0 Å². The molecule has 0 fully saturated rings. The second-order valence-electron chi connectivity index (χ2n) is 4.76. The van der Waals surface area contributed by atoms with Gasteiger partial charge in [0.25, 0.3) is 0 Å². The summed E-state index contributed by atoms with van der Waals surface area (Å²) in [4.78, 5) is 0. The monoisotopic (exact) mass is 336 g/mol. The highest BCUT2D eigenvalue weighted by atomic mass is 79.9. The molecule has 0 saturated heterocycles. The number of benzene rings is 2. The van der Waals surface area contributed by atoms with Crippen molar-refractivity contribution in [3.05, 3.63) is 69.4 Å². The maximum absolute atomic E-state index is 13.2. The zero-order valence-corrected chi connectivity index (χ0v) is 13.0. The Morgan fingerprint density at radius 3 is 2.45 bits per heavy atom. The van der Waals surface area contributed by atoms with Gasteiger partial charge in [0.1, 0.15) is 5.82 Å². The third-order valence-electron chi connectivity index (χ3n) is 3.29. The smallest absolute Gasteiger partial charge is 0.124 e. The SMILES string of the molecule is CCCc1ccc(C(NN)c2ccc(F)cc2Br)cc1. The van der Waals surface area contributed by atoms with Crippen LogP contribution in [0, 0.1) is 5.82 Å². The first-order chi connectivity index (χ1) is 9.65. The largest absolute Gasteiger partial charge is 0.271 e. The van der Waals surface area contributed by atoms with Gasteiger partial charge in [0.2, 0.25) is 0 Å². The number of halogens is 2. The number of aryl methyl sites for hydroxylation is 1. The summed E-state index contributed by atoms with van der Waals surface area (Å²) in [7, 11) is 0. The molecule has 0 heterocycles. The molecule has 0 saturated carbocycles. The van der Waals surface area contributed by atoms with Crippen LogP contribution in [0.5, 0.6) is 0 Å². The third kappa shape index (κ3) is 3.45. The van der Waals surface area contributed by atoms with E-state index in [1.165, 1.54) is 17.7 Å². The molecule has 4 heteroatoms. The molecular formula is C16H18BrFN2. The molecule has 1 atom stereocenters. The average molecular weight is 337 g/mol. The molecule has 106 valence electrons. The van der Waals surface area contributed by atoms with Gasteiger partial charge < -0.3 is 0 Å². The first kappa shape index (κ1) is 15.2. The van der Waals surface area contributed by atoms with Crippen molar-refractivity contribution >= 4 is 15.9 Å². The highest BCUT2D eigenvalue weighted by molar-refractivity contribution is 9.10. The van der Waals surface area contributed by atoms with Crippen LogP contribution in [0.1, 0.15) is 36.1 Å². The summed E-state index contributed by atoms with van der Waals surface area (Å²) >= 11 is 3.39. The van der Waals surface area contributed by atoms with Gasteiger partial charge in [0, 0.05) is 4.47 Å². The van der Waals surface area contributed by atoms with Crippen molar-refractivity contribution in [1.82, 2.24) is 5.43 Å². The topological polar surface area (TPSA) is 38.0 Å². The lowest BCUT2D eigenvalue weighted by Crippen LogP contribution is -2.29. The fraction of sp³-hybridized carbons (Fsp3) is 0.250. The quantitative estimate of drug-likeness (QED) is 0.637. The Hall–Kier alpha value is -1.23. The predicted molar refractivity (Wildman–Crippen MR) is 83.7 cm³/mol. The molecule has 2 aromatic carbocycles. The van der Waals surface area contributed by atoms with Gasteiger partial charge in [-0.25, -0.2) is 9.82 Å². The Morgan fingerprint density at radius 2 is 1.90 bits per heavy atom. The summed E-state index contributed by atoms with van der Waals surface area (Å²) in [6.45, 7) is 2.16. The Balaban J connectivity index is 2.31. The van der Waals surface area contributed by atoms with Crippen LogP contribution in [0.2, 0.25) is 0 Å². The van der Waals surface area contributed by atoms with E-state index >= 15 is 0 Å². The van der Waals surface area contributed by atoms with Crippen molar-refractivity contribution in [3.8, 4) is 0 Å². The van der Waals surface area contributed by atoms with Gasteiger partial charge in [-0.1, -0.05) is 59.6 Å². The summed E-state index contributed by atoms with van der Waals surface area (Å²) in [6.07, 6.45) is 2.20. The molecule has 20 heavy (non-hydrogen) atoms. The van der Waals surface area contributed by atoms with E-state index in [1.807, 2.05) is 0 Å². The van der Waals surface area contributed by atoms with Gasteiger partial charge in [0.15, 0.2) is 0 Å². The van der Waals surface area contributed by atoms with Crippen LogP contribution in [0.4, 0.5) is 4.39 Å². The maximum Gasteiger partial charge on any atom is 0.124 e. The molecule has 0 aliphatic rings. The summed E-state index contributed by atoms with van der Waals surface area (Å²) in [6, 6.07) is 12.8. The standard InChI is InChI=1S/C16H18BrFN2/c1-2-3-11-4-6-12(7-5-11)16(20-19)14-9-8-13(18)10-15(14)17/h4-10,16,20H,2-3,19H2,1H3. The van der Waals surface area contributed by atoms with Crippen molar-refractivity contribution < 1.29 is 4.39 Å². The van der Waals surface area contributed by atoms with Gasteiger partial charge in [-0.05, 0) is 35.2 Å². The van der Waals surface area contributed by atoms with E-state index in [-0.39, 0.29) is 11.9 Å². The van der Waals surface area contributed by atoms with Crippen molar-refractivity contribution in [2.75, 3.05) is 0 Å². The van der Waals surface area contributed by atoms with Crippen LogP contribution >= 0.6 is 15.9 Å². The molecule has 0 spiro atoms. The minimum atomic E-state index is -0.269. The number of rotatable bonds is 5. The molecule has 2 rings (SSSR count). The molecule has 0 radical (unpaired) electrons. The van der Waals surface area contributed by atoms with E-state index in [0.29, 0.717) is 4.47 Å². The van der Waals surface area contributed by atoms with Gasteiger partial charge in [-0.3, -0.25) is 5.84 Å². The third-order valence-corrected chi connectivity index (χ3v) is 3.98. The lowest BCUT2D eigenvalue weighted by atomic mass is 9.97. The van der Waals surface area contributed by atoms with Gasteiger partial charge >= 0.3 is 0 Å². The van der Waals surface area contributed by atoms with Crippen LogP contribution in [0.15, 0.2) is 46.9 Å². The zero-order valence-electron chi connectivity index (χ0n) is 11.4. The lowest BCUT2D eigenvalue weighted by molar-refractivity contribution is 0.613. The number of nitrogens with one attached hydrogen (secondary N) is 1. The Bertz CT molecular complexity index is 569. The number of hydrogen-bond donors (Lipinski definition) is 2. The summed E-state index contributed by atoms with van der Waals surface area (Å²) in [5, 5.41) is 0. The molecule has 2 nitrogen and oxygen atoms in total. The molecule has 0 bridgehead atoms. The molecule has 0 aliphatic heterocycles. The summed E-state index contributed by atoms with van der Waals surface area (Å²) in [5.41, 5.74) is 6.07. The van der Waals surface area contributed by atoms with Crippen LogP contribution in [-0.4, -0.2) is 0 Å². The van der Waals surface area contributed by atoms with Crippen molar-refractivity contribution in [3.63, 3.8) is 0 Å². The van der Waals surface area contributed by atoms with Crippen LogP contribution in [0.3, 0.4) is 0 Å². The van der Waals surface area contributed by atoms with Crippen molar-refractivity contribution in [2.24, 2.45) is 5.84 Å². The number of hydrazine groups is 1. The van der Waals surface area contributed by atoms with E-state index in [0.717, 1.165) is 24.0 Å². The molecule has 0 aliphatic carbocycles. The molecule has 3 N–H and O–H groups in total. The average Bonchev–Trinajstić information content (AvgIpc) is 2.44.